The van der Waals surface area contributed by atoms with Crippen LogP contribution in [0.15, 0.2) is 24.7 Å². The molecule has 0 saturated heterocycles. The number of hydrogen-bond donors (Lipinski definition) is 2. The molecule has 4 aromatic heterocycles. The Hall–Kier alpha value is -2.78. The highest BCUT2D eigenvalue weighted by atomic mass is 32.2. The molecule has 38 heavy (non-hydrogen) atoms. The lowest BCUT2D eigenvalue weighted by Gasteiger charge is -2.32. The van der Waals surface area contributed by atoms with E-state index in [4.69, 9.17) is 4.98 Å². The summed E-state index contributed by atoms with van der Waals surface area (Å²) in [4.78, 5) is 13.3. The summed E-state index contributed by atoms with van der Waals surface area (Å²) in [5, 5.41) is 7.92. The minimum Gasteiger partial charge on any atom is -0.353 e. The maximum atomic E-state index is 12.1. The second kappa shape index (κ2) is 9.75. The highest BCUT2D eigenvalue weighted by Gasteiger charge is 2.32. The van der Waals surface area contributed by atoms with Crippen molar-refractivity contribution in [1.29, 1.82) is 0 Å². The van der Waals surface area contributed by atoms with Crippen molar-refractivity contribution >= 4 is 26.5 Å². The predicted octanol–water partition coefficient (Wildman–Crippen LogP) is 5.45. The highest BCUT2D eigenvalue weighted by Crippen LogP contribution is 2.39. The van der Waals surface area contributed by atoms with Crippen LogP contribution in [0, 0.1) is 13.8 Å². The lowest BCUT2D eigenvalue weighted by molar-refractivity contribution is 0.331. The minimum atomic E-state index is -3.10. The summed E-state index contributed by atoms with van der Waals surface area (Å²) in [5.41, 5.74) is 9.96. The molecule has 0 spiro atoms. The van der Waals surface area contributed by atoms with Crippen molar-refractivity contribution in [2.75, 3.05) is 12.8 Å². The Morgan fingerprint density at radius 3 is 2.50 bits per heavy atom. The third-order valence-electron chi connectivity index (χ3n) is 8.64. The van der Waals surface area contributed by atoms with Crippen LogP contribution in [0.25, 0.3) is 27.9 Å². The fourth-order valence-electron chi connectivity index (χ4n) is 5.67. The molecule has 1 saturated carbocycles. The van der Waals surface area contributed by atoms with Gasteiger partial charge in [0.15, 0.2) is 15.5 Å². The van der Waals surface area contributed by atoms with E-state index in [0.29, 0.717) is 24.4 Å². The van der Waals surface area contributed by atoms with Crippen LogP contribution in [-0.2, 0) is 9.84 Å². The second-order valence-corrected chi connectivity index (χ2v) is 14.6. The van der Waals surface area contributed by atoms with Crippen LogP contribution in [0.4, 0.5) is 0 Å². The molecule has 0 atom stereocenters. The first kappa shape index (κ1) is 26.8. The number of rotatable bonds is 7. The Balaban J connectivity index is 1.41. The number of fused-ring (bicyclic) bond motifs is 2. The van der Waals surface area contributed by atoms with E-state index in [2.05, 4.69) is 66.4 Å². The van der Waals surface area contributed by atoms with Gasteiger partial charge in [-0.1, -0.05) is 13.8 Å². The summed E-state index contributed by atoms with van der Waals surface area (Å²) < 4.78 is 25.2. The molecule has 0 amide bonds. The normalized spacial score (nSPS) is 19.2. The van der Waals surface area contributed by atoms with Crippen LogP contribution in [0.1, 0.15) is 87.6 Å². The van der Waals surface area contributed by atoms with Crippen LogP contribution < -0.4 is 5.32 Å². The number of sulfone groups is 1. The zero-order valence-corrected chi connectivity index (χ0v) is 24.4. The summed E-state index contributed by atoms with van der Waals surface area (Å²) in [6.45, 7) is 12.8. The molecule has 4 heterocycles. The Kier molecular flexibility index (Phi) is 6.88. The van der Waals surface area contributed by atoms with Gasteiger partial charge in [0.05, 0.1) is 21.5 Å². The number of hydrogen-bond acceptors (Lipinski definition) is 6. The van der Waals surface area contributed by atoms with Gasteiger partial charge >= 0.3 is 0 Å². The van der Waals surface area contributed by atoms with Crippen LogP contribution in [0.3, 0.4) is 0 Å². The van der Waals surface area contributed by atoms with Gasteiger partial charge in [-0.05, 0) is 82.6 Å². The first-order chi connectivity index (χ1) is 17.9. The molecule has 4 aromatic rings. The van der Waals surface area contributed by atoms with Gasteiger partial charge < -0.3 is 10.3 Å². The van der Waals surface area contributed by atoms with E-state index in [1.165, 1.54) is 17.4 Å². The molecule has 2 N–H and O–H groups in total. The van der Waals surface area contributed by atoms with Gasteiger partial charge in [-0.3, -0.25) is 4.98 Å². The van der Waals surface area contributed by atoms with Gasteiger partial charge in [-0.2, -0.15) is 5.10 Å². The van der Waals surface area contributed by atoms with E-state index >= 15 is 0 Å². The van der Waals surface area contributed by atoms with E-state index < -0.39 is 14.6 Å². The number of pyridine rings is 2. The Morgan fingerprint density at radius 2 is 1.84 bits per heavy atom. The molecule has 5 rings (SSSR count). The Labute approximate surface area is 225 Å². The van der Waals surface area contributed by atoms with E-state index in [-0.39, 0.29) is 0 Å². The standard InChI is InChI=1S/C29H40N6O2S/c1-17(2)25-26(22-14-35-28(31-16-32-35)19(4)18(22)3)34-24-13-12-23(33-27(24)25)20-8-10-21(11-9-20)30-15-29(5,6)38(7,36)37/h12-14,16-17,20-21,30,34H,8-11,15H2,1-7H3. The number of nitrogens with zero attached hydrogens (tertiary/aromatic N) is 4. The van der Waals surface area contributed by atoms with Crippen molar-refractivity contribution in [2.24, 2.45) is 0 Å². The van der Waals surface area contributed by atoms with E-state index in [1.807, 2.05) is 4.52 Å². The molecular formula is C29H40N6O2S. The van der Waals surface area contributed by atoms with Gasteiger partial charge in [0.2, 0.25) is 0 Å². The first-order valence-electron chi connectivity index (χ1n) is 13.6. The molecule has 1 fully saturated rings. The molecule has 1 aliphatic rings. The molecular weight excluding hydrogens is 496 g/mol. The van der Waals surface area contributed by atoms with Crippen LogP contribution >= 0.6 is 0 Å². The van der Waals surface area contributed by atoms with Gasteiger partial charge in [0.25, 0.3) is 0 Å². The van der Waals surface area contributed by atoms with Crippen molar-refractivity contribution in [3.63, 3.8) is 0 Å². The molecule has 0 aromatic carbocycles. The molecule has 0 radical (unpaired) electrons. The average molecular weight is 537 g/mol. The zero-order valence-electron chi connectivity index (χ0n) is 23.6. The van der Waals surface area contributed by atoms with E-state index in [9.17, 15) is 8.42 Å². The zero-order chi connectivity index (χ0) is 27.4. The number of aryl methyl sites for hydroxylation is 1. The van der Waals surface area contributed by atoms with Crippen LogP contribution in [0.2, 0.25) is 0 Å². The second-order valence-electron chi connectivity index (χ2n) is 12.0. The largest absolute Gasteiger partial charge is 0.353 e. The number of aromatic nitrogens is 5. The van der Waals surface area contributed by atoms with Crippen molar-refractivity contribution < 1.29 is 8.42 Å². The average Bonchev–Trinajstić information content (AvgIpc) is 3.49. The smallest absolute Gasteiger partial charge is 0.158 e. The van der Waals surface area contributed by atoms with E-state index in [1.54, 1.807) is 20.2 Å². The Bertz CT molecular complexity index is 1590. The molecule has 0 unspecified atom stereocenters. The summed E-state index contributed by atoms with van der Waals surface area (Å²) in [6, 6.07) is 4.71. The maximum absolute atomic E-state index is 12.1. The number of nitrogens with one attached hydrogen (secondary N) is 2. The molecule has 9 heteroatoms. The number of aromatic amines is 1. The third-order valence-corrected chi connectivity index (χ3v) is 10.8. The predicted molar refractivity (Wildman–Crippen MR) is 154 cm³/mol. The summed E-state index contributed by atoms with van der Waals surface area (Å²) >= 11 is 0. The van der Waals surface area contributed by atoms with Gasteiger partial charge in [0.1, 0.15) is 6.33 Å². The lowest BCUT2D eigenvalue weighted by Crippen LogP contribution is -2.46. The fraction of sp³-hybridized carbons (Fsp3) is 0.552. The van der Waals surface area contributed by atoms with Gasteiger partial charge in [0, 0.05) is 47.8 Å². The third kappa shape index (κ3) is 4.75. The SMILES string of the molecule is Cc1c(-c2[nH]c3ccc(C4CCC(NCC(C)(C)S(C)(=O)=O)CC4)nc3c2C(C)C)cn2ncnc2c1C. The van der Waals surface area contributed by atoms with Crippen molar-refractivity contribution in [2.45, 2.75) is 89.9 Å². The van der Waals surface area contributed by atoms with Crippen molar-refractivity contribution in [1.82, 2.24) is 29.9 Å². The molecule has 8 nitrogen and oxygen atoms in total. The summed E-state index contributed by atoms with van der Waals surface area (Å²) in [6.07, 6.45) is 9.13. The first-order valence-corrected chi connectivity index (χ1v) is 15.5. The number of H-pyrrole nitrogens is 1. The Morgan fingerprint density at radius 1 is 1.13 bits per heavy atom. The van der Waals surface area contributed by atoms with Gasteiger partial charge in [-0.15, -0.1) is 0 Å². The fourth-order valence-corrected chi connectivity index (χ4v) is 6.02. The quantitative estimate of drug-likeness (QED) is 0.325. The lowest BCUT2D eigenvalue weighted by atomic mass is 9.83. The highest BCUT2D eigenvalue weighted by molar-refractivity contribution is 7.92. The molecule has 0 bridgehead atoms. The minimum absolute atomic E-state index is 0.297. The monoisotopic (exact) mass is 536 g/mol. The molecule has 1 aliphatic carbocycles. The van der Waals surface area contributed by atoms with Crippen molar-refractivity contribution in [3.05, 3.63) is 47.0 Å². The summed E-state index contributed by atoms with van der Waals surface area (Å²) in [5.74, 6) is 0.708. The van der Waals surface area contributed by atoms with Crippen LogP contribution in [-0.4, -0.2) is 56.6 Å². The van der Waals surface area contributed by atoms with Crippen LogP contribution in [0.5, 0.6) is 0 Å². The topological polar surface area (TPSA) is 105 Å². The van der Waals surface area contributed by atoms with E-state index in [0.717, 1.165) is 64.9 Å². The van der Waals surface area contributed by atoms with Crippen molar-refractivity contribution in [3.8, 4) is 11.3 Å². The maximum Gasteiger partial charge on any atom is 0.158 e. The molecule has 204 valence electrons. The van der Waals surface area contributed by atoms with Gasteiger partial charge in [-0.25, -0.2) is 17.9 Å². The molecule has 0 aliphatic heterocycles. The summed E-state index contributed by atoms with van der Waals surface area (Å²) in [7, 11) is -3.10.